The van der Waals surface area contributed by atoms with Crippen molar-refractivity contribution in [2.45, 2.75) is 13.8 Å². The zero-order chi connectivity index (χ0) is 15.2. The van der Waals surface area contributed by atoms with E-state index >= 15 is 0 Å². The van der Waals surface area contributed by atoms with Gasteiger partial charge in [0.05, 0.1) is 6.54 Å². The van der Waals surface area contributed by atoms with Crippen molar-refractivity contribution in [2.24, 2.45) is 5.73 Å². The number of pyridine rings is 1. The first-order valence-corrected chi connectivity index (χ1v) is 6.65. The predicted octanol–water partition coefficient (Wildman–Crippen LogP) is 2.26. The molecule has 3 N–H and O–H groups in total. The lowest BCUT2D eigenvalue weighted by molar-refractivity contribution is 0.102. The number of rotatable bonds is 2. The summed E-state index contributed by atoms with van der Waals surface area (Å²) in [5.41, 5.74) is 8.76. The van der Waals surface area contributed by atoms with Crippen molar-refractivity contribution in [3.63, 3.8) is 0 Å². The molecule has 0 atom stereocenters. The maximum absolute atomic E-state index is 12.2. The summed E-state index contributed by atoms with van der Waals surface area (Å²) in [6.45, 7) is 4.27. The molecular weight excluding hydrogens is 262 g/mol. The molecule has 0 radical (unpaired) electrons. The van der Waals surface area contributed by atoms with Crippen molar-refractivity contribution in [3.8, 4) is 11.8 Å². The number of aromatic nitrogens is 1. The third-order valence-electron chi connectivity index (χ3n) is 3.08. The number of nitrogens with two attached hydrogens (primary N) is 1. The van der Waals surface area contributed by atoms with Crippen molar-refractivity contribution in [2.75, 3.05) is 11.9 Å². The Morgan fingerprint density at radius 3 is 2.76 bits per heavy atom. The zero-order valence-corrected chi connectivity index (χ0v) is 12.1. The molecule has 1 aromatic heterocycles. The first kappa shape index (κ1) is 14.8. The van der Waals surface area contributed by atoms with E-state index in [1.807, 2.05) is 26.0 Å². The molecule has 0 bridgehead atoms. The van der Waals surface area contributed by atoms with E-state index in [4.69, 9.17) is 5.73 Å². The highest BCUT2D eigenvalue weighted by Gasteiger charge is 2.08. The van der Waals surface area contributed by atoms with Crippen LogP contribution in [0.25, 0.3) is 0 Å². The van der Waals surface area contributed by atoms with Crippen LogP contribution in [0.5, 0.6) is 0 Å². The molecule has 0 fully saturated rings. The number of amides is 1. The summed E-state index contributed by atoms with van der Waals surface area (Å²) in [4.78, 5) is 16.5. The van der Waals surface area contributed by atoms with Crippen LogP contribution in [0.4, 0.5) is 5.82 Å². The number of nitrogens with zero attached hydrogens (tertiary/aromatic N) is 1. The second-order valence-corrected chi connectivity index (χ2v) is 4.67. The molecule has 0 saturated carbocycles. The van der Waals surface area contributed by atoms with E-state index in [2.05, 4.69) is 22.1 Å². The maximum atomic E-state index is 12.2. The van der Waals surface area contributed by atoms with Crippen LogP contribution >= 0.6 is 0 Å². The largest absolute Gasteiger partial charge is 0.320 e. The summed E-state index contributed by atoms with van der Waals surface area (Å²) >= 11 is 0. The third-order valence-corrected chi connectivity index (χ3v) is 3.08. The number of aryl methyl sites for hydroxylation is 2. The van der Waals surface area contributed by atoms with E-state index in [1.54, 1.807) is 24.3 Å². The predicted molar refractivity (Wildman–Crippen MR) is 84.0 cm³/mol. The second kappa shape index (κ2) is 6.69. The highest BCUT2D eigenvalue weighted by molar-refractivity contribution is 6.03. The summed E-state index contributed by atoms with van der Waals surface area (Å²) in [6.07, 6.45) is 0. The van der Waals surface area contributed by atoms with Crippen molar-refractivity contribution < 1.29 is 4.79 Å². The molecule has 0 aliphatic heterocycles. The molecule has 2 aromatic rings. The number of carbonyl (C=O) groups excluding carboxylic acids is 1. The molecule has 0 aliphatic rings. The van der Waals surface area contributed by atoms with Gasteiger partial charge in [-0.2, -0.15) is 0 Å². The molecule has 0 aliphatic carbocycles. The number of carbonyl (C=O) groups is 1. The van der Waals surface area contributed by atoms with Gasteiger partial charge in [0.1, 0.15) is 11.5 Å². The number of anilines is 1. The molecule has 2 rings (SSSR count). The SMILES string of the molecule is Cc1ccc(C(=O)Nc2cccc(C#CCN)n2)cc1C. The quantitative estimate of drug-likeness (QED) is 0.829. The van der Waals surface area contributed by atoms with Gasteiger partial charge in [-0.1, -0.05) is 18.1 Å². The van der Waals surface area contributed by atoms with Gasteiger partial charge >= 0.3 is 0 Å². The van der Waals surface area contributed by atoms with Crippen molar-refractivity contribution in [3.05, 3.63) is 58.8 Å². The second-order valence-electron chi connectivity index (χ2n) is 4.67. The number of nitrogens with one attached hydrogen (secondary N) is 1. The van der Waals surface area contributed by atoms with Gasteiger partial charge in [0.2, 0.25) is 0 Å². The Balaban J connectivity index is 2.17. The fourth-order valence-electron chi connectivity index (χ4n) is 1.79. The van der Waals surface area contributed by atoms with Gasteiger partial charge < -0.3 is 11.1 Å². The third kappa shape index (κ3) is 3.91. The average Bonchev–Trinajstić information content (AvgIpc) is 2.48. The smallest absolute Gasteiger partial charge is 0.256 e. The Kier molecular flexibility index (Phi) is 4.70. The van der Waals surface area contributed by atoms with E-state index in [0.29, 0.717) is 17.1 Å². The molecule has 4 nitrogen and oxygen atoms in total. The van der Waals surface area contributed by atoms with Crippen LogP contribution in [0.2, 0.25) is 0 Å². The lowest BCUT2D eigenvalue weighted by Crippen LogP contribution is -2.13. The Morgan fingerprint density at radius 1 is 1.24 bits per heavy atom. The van der Waals surface area contributed by atoms with E-state index in [-0.39, 0.29) is 12.5 Å². The molecule has 0 saturated heterocycles. The first-order valence-electron chi connectivity index (χ1n) is 6.65. The summed E-state index contributed by atoms with van der Waals surface area (Å²) < 4.78 is 0. The van der Waals surface area contributed by atoms with E-state index in [9.17, 15) is 4.79 Å². The Hall–Kier alpha value is -2.64. The normalized spacial score (nSPS) is 9.67. The van der Waals surface area contributed by atoms with Crippen LogP contribution in [0.3, 0.4) is 0 Å². The van der Waals surface area contributed by atoms with Gasteiger partial charge in [-0.05, 0) is 55.2 Å². The minimum atomic E-state index is -0.186. The maximum Gasteiger partial charge on any atom is 0.256 e. The van der Waals surface area contributed by atoms with Crippen molar-refractivity contribution >= 4 is 11.7 Å². The van der Waals surface area contributed by atoms with Gasteiger partial charge in [0.15, 0.2) is 0 Å². The van der Waals surface area contributed by atoms with Crippen molar-refractivity contribution in [1.82, 2.24) is 4.98 Å². The van der Waals surface area contributed by atoms with Gasteiger partial charge in [-0.15, -0.1) is 0 Å². The lowest BCUT2D eigenvalue weighted by Gasteiger charge is -2.07. The van der Waals surface area contributed by atoms with Crippen LogP contribution in [-0.4, -0.2) is 17.4 Å². The van der Waals surface area contributed by atoms with Gasteiger partial charge in [0, 0.05) is 5.56 Å². The minimum Gasteiger partial charge on any atom is -0.320 e. The molecule has 1 heterocycles. The molecular formula is C17H17N3O. The Labute approximate surface area is 124 Å². The fourth-order valence-corrected chi connectivity index (χ4v) is 1.79. The van der Waals surface area contributed by atoms with E-state index in [1.165, 1.54) is 0 Å². The fraction of sp³-hybridized carbons (Fsp3) is 0.176. The Morgan fingerprint density at radius 2 is 2.05 bits per heavy atom. The number of hydrogen-bond donors (Lipinski definition) is 2. The standard InChI is InChI=1S/C17H17N3O/c1-12-8-9-14(11-13(12)2)17(21)20-16-7-3-5-15(19-16)6-4-10-18/h3,5,7-9,11H,10,18H2,1-2H3,(H,19,20,21). The molecule has 0 spiro atoms. The minimum absolute atomic E-state index is 0.186. The highest BCUT2D eigenvalue weighted by Crippen LogP contribution is 2.12. The van der Waals surface area contributed by atoms with Crippen LogP contribution in [0, 0.1) is 25.7 Å². The summed E-state index contributed by atoms with van der Waals surface area (Å²) in [5.74, 6) is 5.86. The van der Waals surface area contributed by atoms with Gasteiger partial charge in [-0.3, -0.25) is 4.79 Å². The van der Waals surface area contributed by atoms with Crippen LogP contribution in [-0.2, 0) is 0 Å². The molecule has 21 heavy (non-hydrogen) atoms. The number of benzene rings is 1. The summed E-state index contributed by atoms with van der Waals surface area (Å²) in [5, 5.41) is 2.77. The average molecular weight is 279 g/mol. The Bertz CT molecular complexity index is 726. The topological polar surface area (TPSA) is 68.0 Å². The van der Waals surface area contributed by atoms with Crippen molar-refractivity contribution in [1.29, 1.82) is 0 Å². The molecule has 106 valence electrons. The highest BCUT2D eigenvalue weighted by atomic mass is 16.1. The monoisotopic (exact) mass is 279 g/mol. The molecule has 0 unspecified atom stereocenters. The number of hydrogen-bond acceptors (Lipinski definition) is 3. The van der Waals surface area contributed by atoms with E-state index < -0.39 is 0 Å². The lowest BCUT2D eigenvalue weighted by atomic mass is 10.1. The van der Waals surface area contributed by atoms with Crippen LogP contribution < -0.4 is 11.1 Å². The van der Waals surface area contributed by atoms with Crippen LogP contribution in [0.15, 0.2) is 36.4 Å². The molecule has 1 amide bonds. The summed E-state index contributed by atoms with van der Waals surface area (Å²) in [7, 11) is 0. The van der Waals surface area contributed by atoms with Gasteiger partial charge in [-0.25, -0.2) is 4.98 Å². The van der Waals surface area contributed by atoms with Crippen LogP contribution in [0.1, 0.15) is 27.2 Å². The zero-order valence-electron chi connectivity index (χ0n) is 12.1. The van der Waals surface area contributed by atoms with Gasteiger partial charge in [0.25, 0.3) is 5.91 Å². The first-order chi connectivity index (χ1) is 10.1. The molecule has 4 heteroatoms. The molecule has 1 aromatic carbocycles. The van der Waals surface area contributed by atoms with E-state index in [0.717, 1.165) is 11.1 Å². The summed E-state index contributed by atoms with van der Waals surface area (Å²) in [6, 6.07) is 10.9.